The van der Waals surface area contributed by atoms with Crippen LogP contribution in [0.5, 0.6) is 0 Å². The Kier molecular flexibility index (Phi) is 2.52. The van der Waals surface area contributed by atoms with Gasteiger partial charge in [-0.3, -0.25) is 0 Å². The van der Waals surface area contributed by atoms with Crippen molar-refractivity contribution in [1.82, 2.24) is 0 Å². The second-order valence-corrected chi connectivity index (χ2v) is 4.20. The van der Waals surface area contributed by atoms with Gasteiger partial charge >= 0.3 is 6.18 Å². The van der Waals surface area contributed by atoms with Crippen molar-refractivity contribution in [1.29, 1.82) is 0 Å². The zero-order valence-corrected chi connectivity index (χ0v) is 8.27. The average Bonchev–Trinajstić information content (AvgIpc) is 2.16. The van der Waals surface area contributed by atoms with Gasteiger partial charge in [0, 0.05) is 4.90 Å². The maximum absolute atomic E-state index is 12.4. The molecule has 1 atom stereocenters. The molecule has 1 aromatic rings. The molecule has 1 unspecified atom stereocenters. The van der Waals surface area contributed by atoms with Gasteiger partial charge in [-0.2, -0.15) is 13.2 Å². The van der Waals surface area contributed by atoms with Crippen LogP contribution in [0.3, 0.4) is 0 Å². The SMILES string of the molecule is OC1C=C(C(F)(F)F)Sc2ccccc21. The summed E-state index contributed by atoms with van der Waals surface area (Å²) in [4.78, 5) is -0.298. The number of halogens is 3. The molecule has 15 heavy (non-hydrogen) atoms. The van der Waals surface area contributed by atoms with Gasteiger partial charge in [0.05, 0.1) is 11.0 Å². The van der Waals surface area contributed by atoms with Gasteiger partial charge in [0.15, 0.2) is 0 Å². The Morgan fingerprint density at radius 1 is 1.20 bits per heavy atom. The van der Waals surface area contributed by atoms with Crippen LogP contribution < -0.4 is 0 Å². The van der Waals surface area contributed by atoms with E-state index in [9.17, 15) is 18.3 Å². The molecule has 0 aliphatic carbocycles. The zero-order chi connectivity index (χ0) is 11.1. The molecule has 1 aliphatic rings. The van der Waals surface area contributed by atoms with Crippen LogP contribution in [0.1, 0.15) is 11.7 Å². The number of hydrogen-bond acceptors (Lipinski definition) is 2. The maximum Gasteiger partial charge on any atom is 0.422 e. The summed E-state index contributed by atoms with van der Waals surface area (Å²) in [6.45, 7) is 0. The van der Waals surface area contributed by atoms with Gasteiger partial charge in [-0.15, -0.1) is 0 Å². The Hall–Kier alpha value is -0.940. The van der Waals surface area contributed by atoms with Crippen molar-refractivity contribution >= 4 is 11.8 Å². The molecule has 1 N–H and O–H groups in total. The van der Waals surface area contributed by atoms with Crippen molar-refractivity contribution in [3.8, 4) is 0 Å². The molecule has 1 aromatic carbocycles. The van der Waals surface area contributed by atoms with Crippen molar-refractivity contribution < 1.29 is 18.3 Å². The number of benzene rings is 1. The lowest BCUT2D eigenvalue weighted by molar-refractivity contribution is -0.0846. The highest BCUT2D eigenvalue weighted by Gasteiger charge is 2.37. The molecule has 80 valence electrons. The average molecular weight is 232 g/mol. The van der Waals surface area contributed by atoms with Crippen LogP contribution in [-0.4, -0.2) is 11.3 Å². The number of aliphatic hydroxyl groups is 1. The van der Waals surface area contributed by atoms with E-state index in [0.29, 0.717) is 22.2 Å². The van der Waals surface area contributed by atoms with Crippen molar-refractivity contribution in [2.45, 2.75) is 17.2 Å². The van der Waals surface area contributed by atoms with Crippen LogP contribution in [0.15, 0.2) is 40.1 Å². The Bertz CT molecular complexity index is 411. The van der Waals surface area contributed by atoms with Crippen molar-refractivity contribution in [2.24, 2.45) is 0 Å². The summed E-state index contributed by atoms with van der Waals surface area (Å²) in [5.41, 5.74) is 0.524. The standard InChI is InChI=1S/C10H7F3OS/c11-10(12,13)9-5-7(14)6-3-1-2-4-8(6)15-9/h1-5,7,14H. The zero-order valence-electron chi connectivity index (χ0n) is 7.45. The van der Waals surface area contributed by atoms with Gasteiger partial charge in [0.25, 0.3) is 0 Å². The highest BCUT2D eigenvalue weighted by Crippen LogP contribution is 2.46. The molecule has 1 nitrogen and oxygen atoms in total. The summed E-state index contributed by atoms with van der Waals surface area (Å²) in [6.07, 6.45) is -4.72. The second-order valence-electron chi connectivity index (χ2n) is 3.11. The predicted octanol–water partition coefficient (Wildman–Crippen LogP) is 3.27. The van der Waals surface area contributed by atoms with Crippen molar-refractivity contribution in [2.75, 3.05) is 0 Å². The van der Waals surface area contributed by atoms with E-state index in [4.69, 9.17) is 0 Å². The van der Waals surface area contributed by atoms with Crippen molar-refractivity contribution in [3.63, 3.8) is 0 Å². The first-order valence-corrected chi connectivity index (χ1v) is 5.04. The molecular formula is C10H7F3OS. The molecule has 0 spiro atoms. The predicted molar refractivity (Wildman–Crippen MR) is 51.4 cm³/mol. The lowest BCUT2D eigenvalue weighted by Crippen LogP contribution is -2.14. The smallest absolute Gasteiger partial charge is 0.384 e. The van der Waals surface area contributed by atoms with Crippen LogP contribution in [0.25, 0.3) is 0 Å². The van der Waals surface area contributed by atoms with E-state index < -0.39 is 17.2 Å². The first-order valence-electron chi connectivity index (χ1n) is 4.22. The highest BCUT2D eigenvalue weighted by atomic mass is 32.2. The third kappa shape index (κ3) is 2.03. The van der Waals surface area contributed by atoms with E-state index in [0.717, 1.165) is 6.08 Å². The van der Waals surface area contributed by atoms with Crippen LogP contribution >= 0.6 is 11.8 Å². The molecule has 0 saturated heterocycles. The number of allylic oxidation sites excluding steroid dienone is 1. The summed E-state index contributed by atoms with van der Waals surface area (Å²) in [7, 11) is 0. The number of alkyl halides is 3. The first-order chi connectivity index (χ1) is 6.98. The molecule has 1 aliphatic heterocycles. The molecule has 1 heterocycles. The topological polar surface area (TPSA) is 20.2 Å². The van der Waals surface area contributed by atoms with Gasteiger partial charge in [-0.25, -0.2) is 0 Å². The number of aliphatic hydroxyl groups excluding tert-OH is 1. The van der Waals surface area contributed by atoms with Gasteiger partial charge in [-0.1, -0.05) is 30.0 Å². The van der Waals surface area contributed by atoms with E-state index in [1.165, 1.54) is 0 Å². The van der Waals surface area contributed by atoms with E-state index >= 15 is 0 Å². The third-order valence-corrected chi connectivity index (χ3v) is 3.23. The Balaban J connectivity index is 2.40. The number of rotatable bonds is 0. The van der Waals surface area contributed by atoms with Gasteiger partial charge in [0.2, 0.25) is 0 Å². The lowest BCUT2D eigenvalue weighted by atomic mass is 10.1. The van der Waals surface area contributed by atoms with E-state index in [1.54, 1.807) is 24.3 Å². The summed E-state index contributed by atoms with van der Waals surface area (Å²) < 4.78 is 37.2. The monoisotopic (exact) mass is 232 g/mol. The highest BCUT2D eigenvalue weighted by molar-refractivity contribution is 8.03. The summed E-state index contributed by atoms with van der Waals surface area (Å²) in [5.74, 6) is 0. The molecule has 0 saturated carbocycles. The van der Waals surface area contributed by atoms with Crippen molar-refractivity contribution in [3.05, 3.63) is 40.8 Å². The molecule has 0 fully saturated rings. The number of hydrogen-bond donors (Lipinski definition) is 1. The summed E-state index contributed by atoms with van der Waals surface area (Å²) in [6, 6.07) is 6.53. The fourth-order valence-corrected chi connectivity index (χ4v) is 2.36. The molecule has 0 aromatic heterocycles. The Labute approximate surface area is 88.6 Å². The summed E-state index contributed by atoms with van der Waals surface area (Å²) in [5, 5.41) is 9.51. The lowest BCUT2D eigenvalue weighted by Gasteiger charge is -2.21. The number of fused-ring (bicyclic) bond motifs is 1. The van der Waals surface area contributed by atoms with Crippen LogP contribution in [-0.2, 0) is 0 Å². The van der Waals surface area contributed by atoms with Gasteiger partial charge in [-0.05, 0) is 17.7 Å². The molecule has 0 radical (unpaired) electrons. The minimum Gasteiger partial charge on any atom is -0.384 e. The van der Waals surface area contributed by atoms with E-state index in [2.05, 4.69) is 0 Å². The summed E-state index contributed by atoms with van der Waals surface area (Å²) >= 11 is 0.644. The van der Waals surface area contributed by atoms with Crippen LogP contribution in [0.2, 0.25) is 0 Å². The van der Waals surface area contributed by atoms with Gasteiger partial charge in [0.1, 0.15) is 0 Å². The maximum atomic E-state index is 12.4. The number of thioether (sulfide) groups is 1. The minimum atomic E-state index is -4.39. The third-order valence-electron chi connectivity index (χ3n) is 2.05. The quantitative estimate of drug-likeness (QED) is 0.740. The van der Waals surface area contributed by atoms with E-state index in [-0.39, 0.29) is 0 Å². The Morgan fingerprint density at radius 2 is 1.87 bits per heavy atom. The fraction of sp³-hybridized carbons (Fsp3) is 0.200. The first kappa shape index (κ1) is 10.6. The van der Waals surface area contributed by atoms with Crippen LogP contribution in [0.4, 0.5) is 13.2 Å². The molecule has 0 amide bonds. The second kappa shape index (κ2) is 3.57. The molecule has 2 rings (SSSR count). The molecule has 0 bridgehead atoms. The van der Waals surface area contributed by atoms with E-state index in [1.807, 2.05) is 0 Å². The van der Waals surface area contributed by atoms with Gasteiger partial charge < -0.3 is 5.11 Å². The largest absolute Gasteiger partial charge is 0.422 e. The normalized spacial score (nSPS) is 20.8. The fourth-order valence-electron chi connectivity index (χ4n) is 1.36. The van der Waals surface area contributed by atoms with Crippen LogP contribution in [0, 0.1) is 0 Å². The molecular weight excluding hydrogens is 225 g/mol. The Morgan fingerprint density at radius 3 is 2.53 bits per heavy atom. The molecule has 5 heteroatoms. The minimum absolute atomic E-state index is 0.458.